The van der Waals surface area contributed by atoms with Crippen LogP contribution < -0.4 is 0 Å². The van der Waals surface area contributed by atoms with Crippen LogP contribution in [0.15, 0.2) is 117 Å². The standard InChI is InChI=1S/C23H23N3O3.C23H19N3O3/c2*1-2-5-20-17(4-1)25-23(29-20)15-7-8-19-18(14-15)24-22(21-6-3-11-28-21)26(19)16-9-12-27-13-10-16/h1-2,4-5,7-8,14,16,21H,3,6,9-13H2;1-8,11,14,16H,9-10,12-13H2. The lowest BCUT2D eigenvalue weighted by Gasteiger charge is -2.27. The first kappa shape index (κ1) is 35.1. The molecule has 0 saturated carbocycles. The number of ether oxygens (including phenoxy) is 3. The zero-order valence-electron chi connectivity index (χ0n) is 32.0. The zero-order valence-corrected chi connectivity index (χ0v) is 32.0. The van der Waals surface area contributed by atoms with Crippen LogP contribution in [0.5, 0.6) is 0 Å². The lowest BCUT2D eigenvalue weighted by molar-refractivity contribution is 0.0626. The van der Waals surface area contributed by atoms with Gasteiger partial charge in [-0.2, -0.15) is 0 Å². The number of imidazole rings is 2. The Hall–Kier alpha value is -6.08. The van der Waals surface area contributed by atoms with Crippen molar-refractivity contribution in [3.8, 4) is 34.5 Å². The van der Waals surface area contributed by atoms with Gasteiger partial charge in [-0.25, -0.2) is 19.9 Å². The molecule has 3 aliphatic rings. The number of benzene rings is 4. The predicted octanol–water partition coefficient (Wildman–Crippen LogP) is 10.5. The van der Waals surface area contributed by atoms with Crippen LogP contribution >= 0.6 is 0 Å². The summed E-state index contributed by atoms with van der Waals surface area (Å²) in [5, 5.41) is 0. The van der Waals surface area contributed by atoms with E-state index in [0.717, 1.165) is 144 Å². The van der Waals surface area contributed by atoms with E-state index >= 15 is 0 Å². The maximum Gasteiger partial charge on any atom is 0.227 e. The molecule has 0 amide bonds. The quantitative estimate of drug-likeness (QED) is 0.161. The number of rotatable bonds is 6. The van der Waals surface area contributed by atoms with Crippen molar-refractivity contribution >= 4 is 44.3 Å². The molecule has 0 radical (unpaired) electrons. The lowest BCUT2D eigenvalue weighted by Crippen LogP contribution is -2.22. The van der Waals surface area contributed by atoms with Crippen LogP contribution in [0.2, 0.25) is 0 Å². The Bertz CT molecular complexity index is 2780. The van der Waals surface area contributed by atoms with Gasteiger partial charge in [0, 0.05) is 56.2 Å². The Balaban J connectivity index is 0.000000133. The third-order valence-corrected chi connectivity index (χ3v) is 11.6. The molecule has 1 unspecified atom stereocenters. The summed E-state index contributed by atoms with van der Waals surface area (Å²) in [4.78, 5) is 19.2. The molecule has 5 aromatic heterocycles. The van der Waals surface area contributed by atoms with E-state index in [1.165, 1.54) is 0 Å². The highest BCUT2D eigenvalue weighted by molar-refractivity contribution is 5.86. The van der Waals surface area contributed by atoms with Crippen molar-refractivity contribution in [1.82, 2.24) is 29.1 Å². The van der Waals surface area contributed by atoms with Gasteiger partial charge < -0.3 is 36.6 Å². The summed E-state index contributed by atoms with van der Waals surface area (Å²) in [6.45, 7) is 3.95. The summed E-state index contributed by atoms with van der Waals surface area (Å²) < 4.78 is 39.5. The van der Waals surface area contributed by atoms with Gasteiger partial charge in [-0.15, -0.1) is 0 Å². The molecule has 12 rings (SSSR count). The second-order valence-corrected chi connectivity index (χ2v) is 15.2. The average Bonchev–Trinajstić information content (AvgIpc) is 4.14. The van der Waals surface area contributed by atoms with E-state index in [1.54, 1.807) is 6.26 Å². The Labute approximate surface area is 333 Å². The molecule has 9 aromatic rings. The van der Waals surface area contributed by atoms with Crippen molar-refractivity contribution in [3.05, 3.63) is 109 Å². The summed E-state index contributed by atoms with van der Waals surface area (Å²) in [6, 6.07) is 32.8. The summed E-state index contributed by atoms with van der Waals surface area (Å²) in [6.07, 6.45) is 7.85. The fourth-order valence-electron chi connectivity index (χ4n) is 8.70. The Morgan fingerprint density at radius 2 is 1.10 bits per heavy atom. The maximum atomic E-state index is 6.01. The van der Waals surface area contributed by atoms with Gasteiger partial charge in [-0.1, -0.05) is 24.3 Å². The lowest BCUT2D eigenvalue weighted by atomic mass is 10.1. The minimum atomic E-state index is 0.0815. The Morgan fingerprint density at radius 1 is 0.517 bits per heavy atom. The molecule has 0 N–H and O–H groups in total. The SMILES string of the molecule is c1ccc2oc(-c3ccc4c(c3)nc(C3CCCO3)n4C3CCOCC3)nc2c1.c1coc(-c2nc3cc(-c4nc5ccccc5o4)ccc3n2C2CCOCC2)c1. The average molecular weight is 775 g/mol. The second-order valence-electron chi connectivity index (χ2n) is 15.2. The highest BCUT2D eigenvalue weighted by Crippen LogP contribution is 2.38. The van der Waals surface area contributed by atoms with Crippen molar-refractivity contribution in [2.24, 2.45) is 0 Å². The first-order valence-electron chi connectivity index (χ1n) is 20.3. The molecule has 58 heavy (non-hydrogen) atoms. The number of fused-ring (bicyclic) bond motifs is 4. The van der Waals surface area contributed by atoms with Gasteiger partial charge in [0.15, 0.2) is 22.8 Å². The maximum absolute atomic E-state index is 6.01. The smallest absolute Gasteiger partial charge is 0.227 e. The molecule has 0 spiro atoms. The molecule has 12 nitrogen and oxygen atoms in total. The molecule has 0 bridgehead atoms. The minimum Gasteiger partial charge on any atom is -0.461 e. The normalized spacial score (nSPS) is 18.1. The van der Waals surface area contributed by atoms with Crippen LogP contribution in [0, 0.1) is 0 Å². The van der Waals surface area contributed by atoms with Crippen molar-refractivity contribution in [2.45, 2.75) is 56.7 Å². The fraction of sp³-hybridized carbons (Fsp3) is 0.304. The number of aromatic nitrogens is 6. The second kappa shape index (κ2) is 15.0. The van der Waals surface area contributed by atoms with Crippen LogP contribution in [0.25, 0.3) is 78.8 Å². The summed E-state index contributed by atoms with van der Waals surface area (Å²) in [5.74, 6) is 3.92. The summed E-state index contributed by atoms with van der Waals surface area (Å²) in [7, 11) is 0. The molecule has 3 fully saturated rings. The molecular weight excluding hydrogens is 733 g/mol. The molecular formula is C46H42N6O6. The molecule has 292 valence electrons. The van der Waals surface area contributed by atoms with Gasteiger partial charge in [-0.3, -0.25) is 0 Å². The van der Waals surface area contributed by atoms with Crippen LogP contribution in [0.1, 0.15) is 62.5 Å². The van der Waals surface area contributed by atoms with E-state index in [4.69, 9.17) is 37.4 Å². The summed E-state index contributed by atoms with van der Waals surface area (Å²) >= 11 is 0. The van der Waals surface area contributed by atoms with Gasteiger partial charge in [0.05, 0.1) is 28.3 Å². The Morgan fingerprint density at radius 3 is 1.67 bits per heavy atom. The van der Waals surface area contributed by atoms with E-state index in [-0.39, 0.29) is 6.10 Å². The number of furan rings is 1. The van der Waals surface area contributed by atoms with Crippen LogP contribution in [-0.4, -0.2) is 62.1 Å². The number of hydrogen-bond donors (Lipinski definition) is 0. The number of para-hydroxylation sites is 4. The van der Waals surface area contributed by atoms with Gasteiger partial charge in [0.1, 0.15) is 23.0 Å². The molecule has 12 heteroatoms. The van der Waals surface area contributed by atoms with Crippen LogP contribution in [0.3, 0.4) is 0 Å². The van der Waals surface area contributed by atoms with Gasteiger partial charge in [0.2, 0.25) is 11.8 Å². The van der Waals surface area contributed by atoms with Crippen LogP contribution in [-0.2, 0) is 14.2 Å². The minimum absolute atomic E-state index is 0.0815. The number of hydrogen-bond acceptors (Lipinski definition) is 10. The molecule has 0 aliphatic carbocycles. The monoisotopic (exact) mass is 774 g/mol. The first-order chi connectivity index (χ1) is 28.7. The van der Waals surface area contributed by atoms with Crippen molar-refractivity contribution in [1.29, 1.82) is 0 Å². The molecule has 3 aliphatic heterocycles. The molecule has 3 saturated heterocycles. The molecule has 8 heterocycles. The van der Waals surface area contributed by atoms with Crippen molar-refractivity contribution in [3.63, 3.8) is 0 Å². The van der Waals surface area contributed by atoms with Gasteiger partial charge in [0.25, 0.3) is 0 Å². The Kier molecular flexibility index (Phi) is 9.09. The van der Waals surface area contributed by atoms with E-state index < -0.39 is 0 Å². The van der Waals surface area contributed by atoms with E-state index in [1.807, 2.05) is 66.7 Å². The fourth-order valence-corrected chi connectivity index (χ4v) is 8.70. The first-order valence-corrected chi connectivity index (χ1v) is 20.3. The van der Waals surface area contributed by atoms with Gasteiger partial charge >= 0.3 is 0 Å². The zero-order chi connectivity index (χ0) is 38.4. The van der Waals surface area contributed by atoms with Crippen molar-refractivity contribution < 1.29 is 27.5 Å². The summed E-state index contributed by atoms with van der Waals surface area (Å²) in [5.41, 5.74) is 9.29. The highest BCUT2D eigenvalue weighted by atomic mass is 16.5. The third-order valence-electron chi connectivity index (χ3n) is 11.6. The highest BCUT2D eigenvalue weighted by Gasteiger charge is 2.29. The van der Waals surface area contributed by atoms with E-state index in [9.17, 15) is 0 Å². The molecule has 4 aromatic carbocycles. The third kappa shape index (κ3) is 6.47. The van der Waals surface area contributed by atoms with E-state index in [2.05, 4.69) is 49.4 Å². The predicted molar refractivity (Wildman–Crippen MR) is 219 cm³/mol. The van der Waals surface area contributed by atoms with Crippen LogP contribution in [0.4, 0.5) is 0 Å². The van der Waals surface area contributed by atoms with Gasteiger partial charge in [-0.05, 0) is 111 Å². The largest absolute Gasteiger partial charge is 0.461 e. The topological polar surface area (TPSA) is 129 Å². The van der Waals surface area contributed by atoms with Crippen molar-refractivity contribution in [2.75, 3.05) is 33.0 Å². The molecule has 1 atom stereocenters. The number of nitrogens with zero attached hydrogens (tertiary/aromatic N) is 6. The number of oxazole rings is 2. The van der Waals surface area contributed by atoms with E-state index in [0.29, 0.717) is 23.9 Å².